The molecule has 0 amide bonds. The smallest absolute Gasteiger partial charge is 0.313 e. The summed E-state index contributed by atoms with van der Waals surface area (Å²) in [7, 11) is 0. The maximum Gasteiger partial charge on any atom is 0.313 e. The van der Waals surface area contributed by atoms with Gasteiger partial charge in [-0.25, -0.2) is 0 Å². The molecule has 3 heteroatoms. The van der Waals surface area contributed by atoms with Crippen LogP contribution in [0.3, 0.4) is 0 Å². The van der Waals surface area contributed by atoms with Crippen LogP contribution < -0.4 is 0 Å². The number of carboxylic acids is 1. The molecule has 0 radical (unpaired) electrons. The van der Waals surface area contributed by atoms with Crippen LogP contribution >= 0.6 is 11.8 Å². The molecule has 0 saturated carbocycles. The van der Waals surface area contributed by atoms with Crippen molar-refractivity contribution in [2.45, 2.75) is 18.6 Å². The van der Waals surface area contributed by atoms with Crippen molar-refractivity contribution in [2.24, 2.45) is 0 Å². The van der Waals surface area contributed by atoms with Crippen molar-refractivity contribution in [1.82, 2.24) is 0 Å². The van der Waals surface area contributed by atoms with Gasteiger partial charge in [0.1, 0.15) is 0 Å². The Morgan fingerprint density at radius 3 is 2.43 bits per heavy atom. The quantitative estimate of drug-likeness (QED) is 0.830. The molecule has 1 rings (SSSR count). The van der Waals surface area contributed by atoms with E-state index < -0.39 is 5.97 Å². The molecule has 1 aromatic carbocycles. The van der Waals surface area contributed by atoms with Crippen LogP contribution in [0.2, 0.25) is 0 Å². The van der Waals surface area contributed by atoms with Crippen molar-refractivity contribution in [2.75, 3.05) is 5.75 Å². The summed E-state index contributed by atoms with van der Waals surface area (Å²) in [5, 5.41) is 8.60. The van der Waals surface area contributed by atoms with E-state index in [4.69, 9.17) is 5.11 Å². The highest BCUT2D eigenvalue weighted by atomic mass is 32.2. The molecule has 0 saturated heterocycles. The van der Waals surface area contributed by atoms with E-state index in [0.717, 1.165) is 5.56 Å². The summed E-state index contributed by atoms with van der Waals surface area (Å²) >= 11 is 1.44. The number of carbonyl (C=O) groups is 1. The first-order chi connectivity index (χ1) is 6.52. The zero-order valence-electron chi connectivity index (χ0n) is 8.36. The Labute approximate surface area is 88.3 Å². The number of hydrogen-bond donors (Lipinski definition) is 1. The Morgan fingerprint density at radius 1 is 1.36 bits per heavy atom. The Balaban J connectivity index is 2.70. The van der Waals surface area contributed by atoms with E-state index >= 15 is 0 Å². The van der Waals surface area contributed by atoms with Crippen molar-refractivity contribution in [1.29, 1.82) is 0 Å². The average Bonchev–Trinajstić information content (AvgIpc) is 2.16. The van der Waals surface area contributed by atoms with Crippen LogP contribution in [-0.2, 0) is 9.54 Å². The van der Waals surface area contributed by atoms with E-state index in [1.54, 1.807) is 0 Å². The Morgan fingerprint density at radius 2 is 1.93 bits per heavy atom. The first kappa shape index (κ1) is 11.1. The maximum atomic E-state index is 10.5. The van der Waals surface area contributed by atoms with Crippen molar-refractivity contribution in [3.63, 3.8) is 0 Å². The van der Waals surface area contributed by atoms with E-state index in [0.29, 0.717) is 0 Å². The third kappa shape index (κ3) is 3.07. The molecule has 0 bridgehead atoms. The van der Waals surface area contributed by atoms with Gasteiger partial charge in [-0.1, -0.05) is 30.3 Å². The van der Waals surface area contributed by atoms with Gasteiger partial charge in [-0.05, 0) is 19.4 Å². The lowest BCUT2D eigenvalue weighted by Gasteiger charge is -2.23. The van der Waals surface area contributed by atoms with Gasteiger partial charge in [0.05, 0.1) is 5.75 Å². The second-order valence-corrected chi connectivity index (χ2v) is 5.16. The number of thioether (sulfide) groups is 1. The molecule has 0 aliphatic carbocycles. The SMILES string of the molecule is CC(C)(SCC(=O)O)c1ccccc1. The van der Waals surface area contributed by atoms with Gasteiger partial charge >= 0.3 is 5.97 Å². The minimum absolute atomic E-state index is 0.139. The Kier molecular flexibility index (Phi) is 3.58. The highest BCUT2D eigenvalue weighted by molar-refractivity contribution is 8.00. The third-order valence-electron chi connectivity index (χ3n) is 2.03. The van der Waals surface area contributed by atoms with Crippen molar-refractivity contribution in [3.8, 4) is 0 Å². The number of aliphatic carboxylic acids is 1. The summed E-state index contributed by atoms with van der Waals surface area (Å²) in [5.74, 6) is -0.624. The second kappa shape index (κ2) is 4.51. The predicted octanol–water partition coefficient (Wildman–Crippen LogP) is 2.74. The molecule has 2 nitrogen and oxygen atoms in total. The molecule has 14 heavy (non-hydrogen) atoms. The van der Waals surface area contributed by atoms with Crippen LogP contribution in [0.25, 0.3) is 0 Å². The van der Waals surface area contributed by atoms with Crippen molar-refractivity contribution >= 4 is 17.7 Å². The minimum atomic E-state index is -0.765. The second-order valence-electron chi connectivity index (χ2n) is 3.56. The summed E-state index contributed by atoms with van der Waals surface area (Å²) in [6, 6.07) is 9.95. The van der Waals surface area contributed by atoms with Gasteiger partial charge in [0.25, 0.3) is 0 Å². The lowest BCUT2D eigenvalue weighted by atomic mass is 10.0. The number of hydrogen-bond acceptors (Lipinski definition) is 2. The first-order valence-electron chi connectivity index (χ1n) is 4.43. The topological polar surface area (TPSA) is 37.3 Å². The van der Waals surface area contributed by atoms with Crippen LogP contribution in [0.1, 0.15) is 19.4 Å². The van der Waals surface area contributed by atoms with Gasteiger partial charge in [-0.3, -0.25) is 4.79 Å². The Hall–Kier alpha value is -0.960. The summed E-state index contributed by atoms with van der Waals surface area (Å²) < 4.78 is -0.139. The molecular formula is C11H14O2S. The summed E-state index contributed by atoms with van der Waals surface area (Å²) in [5.41, 5.74) is 1.16. The summed E-state index contributed by atoms with van der Waals surface area (Å²) in [4.78, 5) is 10.5. The lowest BCUT2D eigenvalue weighted by Crippen LogP contribution is -2.15. The molecular weight excluding hydrogens is 196 g/mol. The number of carboxylic acid groups (broad SMARTS) is 1. The fourth-order valence-corrected chi connectivity index (χ4v) is 1.95. The highest BCUT2D eigenvalue weighted by Crippen LogP contribution is 2.34. The standard InChI is InChI=1S/C11H14O2S/c1-11(2,14-8-10(12)13)9-6-4-3-5-7-9/h3-7H,8H2,1-2H3,(H,12,13). The largest absolute Gasteiger partial charge is 0.481 e. The lowest BCUT2D eigenvalue weighted by molar-refractivity contribution is -0.133. The fourth-order valence-electron chi connectivity index (χ4n) is 1.17. The molecule has 0 unspecified atom stereocenters. The molecule has 0 fully saturated rings. The maximum absolute atomic E-state index is 10.5. The fraction of sp³-hybridized carbons (Fsp3) is 0.364. The molecule has 0 aromatic heterocycles. The van der Waals surface area contributed by atoms with Gasteiger partial charge in [-0.15, -0.1) is 11.8 Å². The van der Waals surface area contributed by atoms with Gasteiger partial charge in [0, 0.05) is 4.75 Å². The van der Waals surface area contributed by atoms with Crippen molar-refractivity contribution in [3.05, 3.63) is 35.9 Å². The normalized spacial score (nSPS) is 11.3. The van der Waals surface area contributed by atoms with Gasteiger partial charge < -0.3 is 5.11 Å². The Bertz CT molecular complexity index is 306. The minimum Gasteiger partial charge on any atom is -0.481 e. The van der Waals surface area contributed by atoms with E-state index in [2.05, 4.69) is 0 Å². The molecule has 1 N–H and O–H groups in total. The van der Waals surface area contributed by atoms with E-state index in [1.807, 2.05) is 44.2 Å². The van der Waals surface area contributed by atoms with Crippen LogP contribution in [-0.4, -0.2) is 16.8 Å². The van der Waals surface area contributed by atoms with E-state index in [-0.39, 0.29) is 10.5 Å². The van der Waals surface area contributed by atoms with Crippen molar-refractivity contribution < 1.29 is 9.90 Å². The number of benzene rings is 1. The predicted molar refractivity (Wildman–Crippen MR) is 59.6 cm³/mol. The molecule has 0 heterocycles. The van der Waals surface area contributed by atoms with Crippen LogP contribution in [0, 0.1) is 0 Å². The molecule has 0 spiro atoms. The zero-order valence-corrected chi connectivity index (χ0v) is 9.17. The van der Waals surface area contributed by atoms with Crippen LogP contribution in [0.15, 0.2) is 30.3 Å². The highest BCUT2D eigenvalue weighted by Gasteiger charge is 2.21. The number of rotatable bonds is 4. The average molecular weight is 210 g/mol. The van der Waals surface area contributed by atoms with Gasteiger partial charge in [0.15, 0.2) is 0 Å². The third-order valence-corrected chi connectivity index (χ3v) is 3.37. The molecule has 0 aliphatic heterocycles. The molecule has 0 aliphatic rings. The van der Waals surface area contributed by atoms with Gasteiger partial charge in [-0.2, -0.15) is 0 Å². The zero-order chi connectivity index (χ0) is 10.6. The monoisotopic (exact) mass is 210 g/mol. The summed E-state index contributed by atoms with van der Waals surface area (Å²) in [6.45, 7) is 4.08. The van der Waals surface area contributed by atoms with E-state index in [9.17, 15) is 4.79 Å². The molecule has 1 aromatic rings. The van der Waals surface area contributed by atoms with Gasteiger partial charge in [0.2, 0.25) is 0 Å². The van der Waals surface area contributed by atoms with Crippen LogP contribution in [0.4, 0.5) is 0 Å². The van der Waals surface area contributed by atoms with Crippen LogP contribution in [0.5, 0.6) is 0 Å². The first-order valence-corrected chi connectivity index (χ1v) is 5.42. The van der Waals surface area contributed by atoms with E-state index in [1.165, 1.54) is 11.8 Å². The summed E-state index contributed by atoms with van der Waals surface area (Å²) in [6.07, 6.45) is 0. The molecule has 0 atom stereocenters. The molecule has 76 valence electrons.